The number of rotatable bonds is 9. The van der Waals surface area contributed by atoms with Crippen molar-refractivity contribution in [1.82, 2.24) is 10.2 Å². The summed E-state index contributed by atoms with van der Waals surface area (Å²) in [7, 11) is 0. The zero-order valence-electron chi connectivity index (χ0n) is 11.1. The van der Waals surface area contributed by atoms with E-state index in [0.717, 1.165) is 32.6 Å². The highest BCUT2D eigenvalue weighted by Gasteiger charge is 2.08. The molecular weight excluding hydrogens is 232 g/mol. The number of carbonyl (C=O) groups is 1. The van der Waals surface area contributed by atoms with Crippen LogP contribution in [-0.4, -0.2) is 42.2 Å². The van der Waals surface area contributed by atoms with Crippen molar-refractivity contribution in [3.63, 3.8) is 0 Å². The average Bonchev–Trinajstić information content (AvgIpc) is 2.83. The van der Waals surface area contributed by atoms with Crippen molar-refractivity contribution in [2.24, 2.45) is 0 Å². The zero-order valence-corrected chi connectivity index (χ0v) is 11.1. The molecule has 102 valence electrons. The third-order valence-electron chi connectivity index (χ3n) is 2.89. The SMILES string of the molecule is CCN(CC)CCCNCc1ccc(C(=O)O)o1. The first-order valence-corrected chi connectivity index (χ1v) is 6.42. The van der Waals surface area contributed by atoms with Crippen molar-refractivity contribution in [2.75, 3.05) is 26.2 Å². The van der Waals surface area contributed by atoms with Gasteiger partial charge < -0.3 is 19.7 Å². The normalized spacial score (nSPS) is 11.1. The van der Waals surface area contributed by atoms with Crippen molar-refractivity contribution in [3.05, 3.63) is 23.7 Å². The first kappa shape index (κ1) is 14.7. The molecule has 0 saturated carbocycles. The number of carboxylic acids is 1. The highest BCUT2D eigenvalue weighted by atomic mass is 16.4. The van der Waals surface area contributed by atoms with E-state index in [0.29, 0.717) is 12.3 Å². The highest BCUT2D eigenvalue weighted by molar-refractivity contribution is 5.84. The molecule has 0 amide bonds. The molecule has 1 aromatic rings. The predicted octanol–water partition coefficient (Wildman–Crippen LogP) is 1.80. The molecule has 1 rings (SSSR count). The fraction of sp³-hybridized carbons (Fsp3) is 0.615. The van der Waals surface area contributed by atoms with Gasteiger partial charge in [-0.15, -0.1) is 0 Å². The summed E-state index contributed by atoms with van der Waals surface area (Å²) in [5, 5.41) is 11.9. The van der Waals surface area contributed by atoms with E-state index in [1.807, 2.05) is 0 Å². The van der Waals surface area contributed by atoms with Gasteiger partial charge in [0.05, 0.1) is 6.54 Å². The maximum Gasteiger partial charge on any atom is 0.371 e. The van der Waals surface area contributed by atoms with Crippen LogP contribution >= 0.6 is 0 Å². The van der Waals surface area contributed by atoms with E-state index in [1.165, 1.54) is 6.07 Å². The summed E-state index contributed by atoms with van der Waals surface area (Å²) in [5.41, 5.74) is 0. The average molecular weight is 254 g/mol. The number of hydrogen-bond donors (Lipinski definition) is 2. The van der Waals surface area contributed by atoms with Crippen LogP contribution in [0.3, 0.4) is 0 Å². The Balaban J connectivity index is 2.15. The lowest BCUT2D eigenvalue weighted by molar-refractivity contribution is 0.0660. The molecule has 0 aliphatic rings. The van der Waals surface area contributed by atoms with Crippen molar-refractivity contribution in [3.8, 4) is 0 Å². The monoisotopic (exact) mass is 254 g/mol. The maximum absolute atomic E-state index is 10.6. The molecule has 0 atom stereocenters. The Bertz CT molecular complexity index is 359. The second kappa shape index (κ2) is 7.89. The van der Waals surface area contributed by atoms with Crippen LogP contribution < -0.4 is 5.32 Å². The van der Waals surface area contributed by atoms with Crippen molar-refractivity contribution in [2.45, 2.75) is 26.8 Å². The Morgan fingerprint density at radius 3 is 2.67 bits per heavy atom. The van der Waals surface area contributed by atoms with Crippen LogP contribution in [0.25, 0.3) is 0 Å². The number of aromatic carboxylic acids is 1. The molecule has 5 heteroatoms. The number of furan rings is 1. The molecule has 5 nitrogen and oxygen atoms in total. The molecule has 0 spiro atoms. The van der Waals surface area contributed by atoms with Crippen molar-refractivity contribution < 1.29 is 14.3 Å². The smallest absolute Gasteiger partial charge is 0.371 e. The van der Waals surface area contributed by atoms with E-state index in [-0.39, 0.29) is 5.76 Å². The molecule has 0 unspecified atom stereocenters. The van der Waals surface area contributed by atoms with Gasteiger partial charge in [-0.3, -0.25) is 0 Å². The molecule has 0 aliphatic carbocycles. The summed E-state index contributed by atoms with van der Waals surface area (Å²) in [6, 6.07) is 3.18. The molecule has 0 aliphatic heterocycles. The minimum absolute atomic E-state index is 0.00468. The van der Waals surface area contributed by atoms with Gasteiger partial charge in [0, 0.05) is 0 Å². The van der Waals surface area contributed by atoms with Crippen LogP contribution in [0.4, 0.5) is 0 Å². The predicted molar refractivity (Wildman–Crippen MR) is 69.8 cm³/mol. The topological polar surface area (TPSA) is 65.7 Å². The molecule has 2 N–H and O–H groups in total. The Morgan fingerprint density at radius 1 is 1.39 bits per heavy atom. The highest BCUT2D eigenvalue weighted by Crippen LogP contribution is 2.07. The van der Waals surface area contributed by atoms with Gasteiger partial charge in [0.1, 0.15) is 5.76 Å². The first-order chi connectivity index (χ1) is 8.67. The number of hydrogen-bond acceptors (Lipinski definition) is 4. The van der Waals surface area contributed by atoms with Gasteiger partial charge in [-0.25, -0.2) is 4.79 Å². The molecule has 0 radical (unpaired) electrons. The maximum atomic E-state index is 10.6. The lowest BCUT2D eigenvalue weighted by atomic mass is 10.3. The van der Waals surface area contributed by atoms with Crippen LogP contribution in [-0.2, 0) is 6.54 Å². The van der Waals surface area contributed by atoms with Gasteiger partial charge in [-0.1, -0.05) is 13.8 Å². The minimum Gasteiger partial charge on any atom is -0.475 e. The van der Waals surface area contributed by atoms with E-state index in [2.05, 4.69) is 24.1 Å². The number of nitrogens with zero attached hydrogens (tertiary/aromatic N) is 1. The molecule has 18 heavy (non-hydrogen) atoms. The first-order valence-electron chi connectivity index (χ1n) is 6.42. The van der Waals surface area contributed by atoms with Gasteiger partial charge >= 0.3 is 5.97 Å². The van der Waals surface area contributed by atoms with E-state index in [4.69, 9.17) is 9.52 Å². The van der Waals surface area contributed by atoms with E-state index in [9.17, 15) is 4.79 Å². The summed E-state index contributed by atoms with van der Waals surface area (Å²) in [4.78, 5) is 13.0. The fourth-order valence-corrected chi connectivity index (χ4v) is 1.77. The van der Waals surface area contributed by atoms with E-state index < -0.39 is 5.97 Å². The molecule has 0 saturated heterocycles. The third-order valence-corrected chi connectivity index (χ3v) is 2.89. The summed E-state index contributed by atoms with van der Waals surface area (Å²) < 4.78 is 5.14. The van der Waals surface area contributed by atoms with Crippen LogP contribution in [0.5, 0.6) is 0 Å². The Labute approximate surface area is 108 Å². The number of nitrogens with one attached hydrogen (secondary N) is 1. The molecule has 0 fully saturated rings. The standard InChI is InChI=1S/C13H22N2O3/c1-3-15(4-2)9-5-8-14-10-11-6-7-12(18-11)13(16)17/h6-7,14H,3-5,8-10H2,1-2H3,(H,16,17). The van der Waals surface area contributed by atoms with Gasteiger partial charge in [0.25, 0.3) is 0 Å². The van der Waals surface area contributed by atoms with Gasteiger partial charge in [0.15, 0.2) is 0 Å². The van der Waals surface area contributed by atoms with Crippen LogP contribution in [0.2, 0.25) is 0 Å². The van der Waals surface area contributed by atoms with E-state index in [1.54, 1.807) is 6.07 Å². The zero-order chi connectivity index (χ0) is 13.4. The Hall–Kier alpha value is -1.33. The van der Waals surface area contributed by atoms with Crippen molar-refractivity contribution >= 4 is 5.97 Å². The fourth-order valence-electron chi connectivity index (χ4n) is 1.77. The van der Waals surface area contributed by atoms with Crippen LogP contribution in [0.15, 0.2) is 16.5 Å². The molecular formula is C13H22N2O3. The molecule has 0 bridgehead atoms. The minimum atomic E-state index is -1.03. The largest absolute Gasteiger partial charge is 0.475 e. The molecule has 1 aromatic heterocycles. The lowest BCUT2D eigenvalue weighted by Gasteiger charge is -2.17. The van der Waals surface area contributed by atoms with Crippen molar-refractivity contribution in [1.29, 1.82) is 0 Å². The second-order valence-corrected chi connectivity index (χ2v) is 4.13. The lowest BCUT2D eigenvalue weighted by Crippen LogP contribution is -2.27. The summed E-state index contributed by atoms with van der Waals surface area (Å²) in [5.74, 6) is -0.368. The van der Waals surface area contributed by atoms with Crippen LogP contribution in [0, 0.1) is 0 Å². The van der Waals surface area contributed by atoms with Gasteiger partial charge in [-0.2, -0.15) is 0 Å². The van der Waals surface area contributed by atoms with E-state index >= 15 is 0 Å². The summed E-state index contributed by atoms with van der Waals surface area (Å²) in [6.45, 7) is 9.04. The second-order valence-electron chi connectivity index (χ2n) is 4.13. The van der Waals surface area contributed by atoms with Gasteiger partial charge in [-0.05, 0) is 44.7 Å². The molecule has 1 heterocycles. The molecule has 0 aromatic carbocycles. The third kappa shape index (κ3) is 4.89. The summed E-state index contributed by atoms with van der Waals surface area (Å²) >= 11 is 0. The Kier molecular flexibility index (Phi) is 6.46. The number of carboxylic acid groups (broad SMARTS) is 1. The van der Waals surface area contributed by atoms with Gasteiger partial charge in [0.2, 0.25) is 5.76 Å². The quantitative estimate of drug-likeness (QED) is 0.658. The summed E-state index contributed by atoms with van der Waals surface area (Å²) in [6.07, 6.45) is 1.08. The van der Waals surface area contributed by atoms with Crippen LogP contribution in [0.1, 0.15) is 36.6 Å². The Morgan fingerprint density at radius 2 is 2.11 bits per heavy atom.